The normalized spacial score (nSPS) is 10.1. The Bertz CT molecular complexity index is 493. The Balaban J connectivity index is 2.48. The number of carbonyl (C=O) groups excluding carboxylic acids is 1. The van der Waals surface area contributed by atoms with Crippen LogP contribution in [0.25, 0.3) is 0 Å². The van der Waals surface area contributed by atoms with E-state index in [1.807, 2.05) is 0 Å². The van der Waals surface area contributed by atoms with Crippen LogP contribution in [-0.4, -0.2) is 10.8 Å². The van der Waals surface area contributed by atoms with Crippen LogP contribution >= 0.6 is 0 Å². The molecule has 1 aromatic carbocycles. The van der Waals surface area contributed by atoms with Crippen molar-refractivity contribution in [2.45, 2.75) is 0 Å². The first kappa shape index (κ1) is 10.4. The van der Waals surface area contributed by atoms with Gasteiger partial charge in [0.1, 0.15) is 11.5 Å². The lowest BCUT2D eigenvalue weighted by molar-refractivity contribution is 0.102. The number of aromatic nitrogens is 1. The molecule has 2 aromatic rings. The molecule has 16 heavy (non-hydrogen) atoms. The molecule has 4 heteroatoms. The highest BCUT2D eigenvalue weighted by Gasteiger charge is 2.17. The third-order valence-corrected chi connectivity index (χ3v) is 2.09. The number of rotatable bonds is 2. The molecule has 2 nitrogen and oxygen atoms in total. The number of hydrogen-bond acceptors (Lipinski definition) is 2. The first-order valence-electron chi connectivity index (χ1n) is 4.60. The number of ketones is 1. The zero-order valence-electron chi connectivity index (χ0n) is 8.15. The minimum atomic E-state index is -0.754. The van der Waals surface area contributed by atoms with Gasteiger partial charge in [0.15, 0.2) is 5.82 Å². The fourth-order valence-electron chi connectivity index (χ4n) is 1.33. The van der Waals surface area contributed by atoms with Gasteiger partial charge in [0.2, 0.25) is 5.78 Å². The van der Waals surface area contributed by atoms with Crippen molar-refractivity contribution >= 4 is 5.78 Å². The van der Waals surface area contributed by atoms with E-state index in [-0.39, 0.29) is 11.3 Å². The van der Waals surface area contributed by atoms with Crippen molar-refractivity contribution < 1.29 is 13.6 Å². The van der Waals surface area contributed by atoms with Gasteiger partial charge in [-0.25, -0.2) is 13.8 Å². The SMILES string of the molecule is O=C(c1ccccc1F)c1ncccc1F. The van der Waals surface area contributed by atoms with Crippen LogP contribution in [0, 0.1) is 11.6 Å². The Morgan fingerprint density at radius 1 is 1.00 bits per heavy atom. The fraction of sp³-hybridized carbons (Fsp3) is 0. The quantitative estimate of drug-likeness (QED) is 0.726. The van der Waals surface area contributed by atoms with Gasteiger partial charge >= 0.3 is 0 Å². The molecule has 0 N–H and O–H groups in total. The van der Waals surface area contributed by atoms with Crippen LogP contribution in [0.4, 0.5) is 8.78 Å². The smallest absolute Gasteiger partial charge is 0.217 e. The maximum atomic E-state index is 13.3. The summed E-state index contributed by atoms with van der Waals surface area (Å²) >= 11 is 0. The molecule has 0 amide bonds. The molecule has 1 aromatic heterocycles. The van der Waals surface area contributed by atoms with E-state index < -0.39 is 17.4 Å². The van der Waals surface area contributed by atoms with Crippen LogP contribution in [0.2, 0.25) is 0 Å². The number of halogens is 2. The van der Waals surface area contributed by atoms with E-state index in [1.54, 1.807) is 0 Å². The van der Waals surface area contributed by atoms with Gasteiger partial charge in [-0.1, -0.05) is 12.1 Å². The van der Waals surface area contributed by atoms with Crippen LogP contribution in [0.5, 0.6) is 0 Å². The van der Waals surface area contributed by atoms with Crippen LogP contribution in [-0.2, 0) is 0 Å². The van der Waals surface area contributed by atoms with Crippen molar-refractivity contribution in [3.05, 3.63) is 65.5 Å². The molecule has 0 spiro atoms. The second-order valence-electron chi connectivity index (χ2n) is 3.14. The number of benzene rings is 1. The van der Waals surface area contributed by atoms with Crippen molar-refractivity contribution in [1.82, 2.24) is 4.98 Å². The molecule has 0 bridgehead atoms. The molecule has 1 heterocycles. The summed E-state index contributed by atoms with van der Waals surface area (Å²) in [4.78, 5) is 15.3. The molecule has 80 valence electrons. The number of hydrogen-bond donors (Lipinski definition) is 0. The van der Waals surface area contributed by atoms with E-state index in [0.29, 0.717) is 0 Å². The van der Waals surface area contributed by atoms with Crippen LogP contribution in [0.1, 0.15) is 16.1 Å². The van der Waals surface area contributed by atoms with E-state index in [1.165, 1.54) is 30.5 Å². The van der Waals surface area contributed by atoms with Gasteiger partial charge in [0.05, 0.1) is 5.56 Å². The minimum Gasteiger partial charge on any atom is -0.287 e. The lowest BCUT2D eigenvalue weighted by Gasteiger charge is -2.02. The number of pyridine rings is 1. The second-order valence-corrected chi connectivity index (χ2v) is 3.14. The minimum absolute atomic E-state index is 0.180. The van der Waals surface area contributed by atoms with Gasteiger partial charge in [0, 0.05) is 6.20 Å². The number of carbonyl (C=O) groups is 1. The highest BCUT2D eigenvalue weighted by molar-refractivity contribution is 6.07. The second kappa shape index (κ2) is 4.18. The Morgan fingerprint density at radius 2 is 1.69 bits per heavy atom. The third kappa shape index (κ3) is 1.82. The zero-order valence-corrected chi connectivity index (χ0v) is 8.15. The average molecular weight is 219 g/mol. The predicted molar refractivity (Wildman–Crippen MR) is 54.0 cm³/mol. The van der Waals surface area contributed by atoms with Gasteiger partial charge < -0.3 is 0 Å². The largest absolute Gasteiger partial charge is 0.287 e. The summed E-state index contributed by atoms with van der Waals surface area (Å²) in [5.74, 6) is -2.19. The Morgan fingerprint density at radius 3 is 2.38 bits per heavy atom. The third-order valence-electron chi connectivity index (χ3n) is 2.09. The maximum Gasteiger partial charge on any atom is 0.217 e. The van der Waals surface area contributed by atoms with E-state index in [2.05, 4.69) is 4.98 Å². The van der Waals surface area contributed by atoms with Gasteiger partial charge in [-0.05, 0) is 24.3 Å². The van der Waals surface area contributed by atoms with Gasteiger partial charge in [-0.2, -0.15) is 0 Å². The summed E-state index contributed by atoms with van der Waals surface area (Å²) in [5.41, 5.74) is -0.548. The first-order chi connectivity index (χ1) is 7.70. The first-order valence-corrected chi connectivity index (χ1v) is 4.60. The molecule has 0 unspecified atom stereocenters. The molecule has 0 aliphatic heterocycles. The van der Waals surface area contributed by atoms with Crippen molar-refractivity contribution in [2.75, 3.05) is 0 Å². The zero-order chi connectivity index (χ0) is 11.5. The van der Waals surface area contributed by atoms with E-state index in [9.17, 15) is 13.6 Å². The summed E-state index contributed by atoms with van der Waals surface area (Å²) in [6.07, 6.45) is 1.29. The molecule has 0 aliphatic carbocycles. The molecule has 0 radical (unpaired) electrons. The molecule has 0 atom stereocenters. The van der Waals surface area contributed by atoms with Crippen molar-refractivity contribution in [2.24, 2.45) is 0 Å². The maximum absolute atomic E-state index is 13.3. The molecule has 0 saturated heterocycles. The Hall–Kier alpha value is -2.10. The highest BCUT2D eigenvalue weighted by atomic mass is 19.1. The number of nitrogens with zero attached hydrogens (tertiary/aromatic N) is 1. The molecular formula is C12H7F2NO. The topological polar surface area (TPSA) is 30.0 Å². The molecule has 0 fully saturated rings. The van der Waals surface area contributed by atoms with Crippen LogP contribution < -0.4 is 0 Å². The van der Waals surface area contributed by atoms with Crippen LogP contribution in [0.3, 0.4) is 0 Å². The summed E-state index contributed by atoms with van der Waals surface area (Å²) in [5, 5.41) is 0. The van der Waals surface area contributed by atoms with Crippen molar-refractivity contribution in [3.63, 3.8) is 0 Å². The van der Waals surface area contributed by atoms with E-state index in [0.717, 1.165) is 12.1 Å². The summed E-state index contributed by atoms with van der Waals surface area (Å²) in [6, 6.07) is 7.90. The molecule has 0 saturated carbocycles. The summed E-state index contributed by atoms with van der Waals surface area (Å²) < 4.78 is 26.5. The van der Waals surface area contributed by atoms with E-state index in [4.69, 9.17) is 0 Å². The lowest BCUT2D eigenvalue weighted by Crippen LogP contribution is -2.08. The van der Waals surface area contributed by atoms with Gasteiger partial charge in [-0.15, -0.1) is 0 Å². The highest BCUT2D eigenvalue weighted by Crippen LogP contribution is 2.13. The molecular weight excluding hydrogens is 212 g/mol. The summed E-state index contributed by atoms with van der Waals surface area (Å²) in [7, 11) is 0. The van der Waals surface area contributed by atoms with Gasteiger partial charge in [-0.3, -0.25) is 4.79 Å². The summed E-state index contributed by atoms with van der Waals surface area (Å²) in [6.45, 7) is 0. The Labute approximate surface area is 90.6 Å². The van der Waals surface area contributed by atoms with Crippen molar-refractivity contribution in [3.8, 4) is 0 Å². The fourth-order valence-corrected chi connectivity index (χ4v) is 1.33. The predicted octanol–water partition coefficient (Wildman–Crippen LogP) is 2.59. The molecule has 0 aliphatic rings. The van der Waals surface area contributed by atoms with Gasteiger partial charge in [0.25, 0.3) is 0 Å². The lowest BCUT2D eigenvalue weighted by atomic mass is 10.1. The van der Waals surface area contributed by atoms with Crippen molar-refractivity contribution in [1.29, 1.82) is 0 Å². The van der Waals surface area contributed by atoms with E-state index >= 15 is 0 Å². The van der Waals surface area contributed by atoms with Crippen LogP contribution in [0.15, 0.2) is 42.6 Å². The Kier molecular flexibility index (Phi) is 2.72. The standard InChI is InChI=1S/C12H7F2NO/c13-9-5-2-1-4-8(9)12(16)11-10(14)6-3-7-15-11/h1-7H. The average Bonchev–Trinajstić information content (AvgIpc) is 2.29. The monoisotopic (exact) mass is 219 g/mol. The molecule has 2 rings (SSSR count).